The SMILES string of the molecule is OC12CCCCC1CN(CCn1cccn1)CC2. The highest BCUT2D eigenvalue weighted by Crippen LogP contribution is 2.39. The summed E-state index contributed by atoms with van der Waals surface area (Å²) in [6.07, 6.45) is 9.52. The minimum absolute atomic E-state index is 0.347. The van der Waals surface area contributed by atoms with Crippen LogP contribution in [-0.2, 0) is 6.54 Å². The Morgan fingerprint density at radius 2 is 2.22 bits per heavy atom. The molecule has 1 aliphatic heterocycles. The fourth-order valence-electron chi connectivity index (χ4n) is 3.52. The highest BCUT2D eigenvalue weighted by molar-refractivity contribution is 4.95. The molecule has 4 nitrogen and oxygen atoms in total. The van der Waals surface area contributed by atoms with E-state index < -0.39 is 0 Å². The van der Waals surface area contributed by atoms with Crippen molar-refractivity contribution in [3.8, 4) is 0 Å². The van der Waals surface area contributed by atoms with Gasteiger partial charge in [0.2, 0.25) is 0 Å². The third-order valence-corrected chi connectivity index (χ3v) is 4.72. The Balaban J connectivity index is 1.54. The van der Waals surface area contributed by atoms with E-state index in [4.69, 9.17) is 0 Å². The van der Waals surface area contributed by atoms with Gasteiger partial charge in [-0.3, -0.25) is 4.68 Å². The predicted octanol–water partition coefficient (Wildman–Crippen LogP) is 1.51. The lowest BCUT2D eigenvalue weighted by molar-refractivity contribution is -0.0956. The van der Waals surface area contributed by atoms with E-state index in [9.17, 15) is 5.11 Å². The summed E-state index contributed by atoms with van der Waals surface area (Å²) in [5.41, 5.74) is -0.347. The molecule has 2 aliphatic rings. The van der Waals surface area contributed by atoms with E-state index >= 15 is 0 Å². The fraction of sp³-hybridized carbons (Fsp3) is 0.786. The van der Waals surface area contributed by atoms with E-state index in [1.807, 2.05) is 23.1 Å². The van der Waals surface area contributed by atoms with Crippen LogP contribution < -0.4 is 0 Å². The van der Waals surface area contributed by atoms with Crippen LogP contribution in [-0.4, -0.2) is 45.0 Å². The molecule has 100 valence electrons. The van der Waals surface area contributed by atoms with E-state index in [2.05, 4.69) is 10.00 Å². The smallest absolute Gasteiger partial charge is 0.0700 e. The maximum absolute atomic E-state index is 10.6. The average molecular weight is 249 g/mol. The first-order chi connectivity index (χ1) is 8.76. The molecule has 0 amide bonds. The number of rotatable bonds is 3. The topological polar surface area (TPSA) is 41.3 Å². The number of aliphatic hydroxyl groups is 1. The van der Waals surface area contributed by atoms with Crippen LogP contribution in [0.3, 0.4) is 0 Å². The molecule has 0 radical (unpaired) electrons. The molecule has 18 heavy (non-hydrogen) atoms. The van der Waals surface area contributed by atoms with Crippen molar-refractivity contribution in [3.63, 3.8) is 0 Å². The van der Waals surface area contributed by atoms with E-state index in [1.165, 1.54) is 19.3 Å². The van der Waals surface area contributed by atoms with Gasteiger partial charge in [-0.05, 0) is 25.3 Å². The quantitative estimate of drug-likeness (QED) is 0.883. The zero-order chi connectivity index (χ0) is 12.4. The van der Waals surface area contributed by atoms with Crippen molar-refractivity contribution in [1.82, 2.24) is 14.7 Å². The number of piperidine rings is 1. The highest BCUT2D eigenvalue weighted by Gasteiger charge is 2.42. The molecule has 2 heterocycles. The molecule has 1 saturated carbocycles. The molecule has 1 aromatic heterocycles. The number of hydrogen-bond donors (Lipinski definition) is 1. The second-order valence-electron chi connectivity index (χ2n) is 5.87. The molecule has 0 aromatic carbocycles. The minimum atomic E-state index is -0.347. The Hall–Kier alpha value is -0.870. The first kappa shape index (κ1) is 12.2. The van der Waals surface area contributed by atoms with Crippen LogP contribution in [0.1, 0.15) is 32.1 Å². The van der Waals surface area contributed by atoms with Gasteiger partial charge < -0.3 is 10.0 Å². The van der Waals surface area contributed by atoms with Gasteiger partial charge in [-0.25, -0.2) is 0 Å². The Kier molecular flexibility index (Phi) is 3.39. The summed E-state index contributed by atoms with van der Waals surface area (Å²) < 4.78 is 1.99. The van der Waals surface area contributed by atoms with E-state index in [1.54, 1.807) is 0 Å². The predicted molar refractivity (Wildman–Crippen MR) is 70.2 cm³/mol. The van der Waals surface area contributed by atoms with Gasteiger partial charge in [-0.1, -0.05) is 12.8 Å². The van der Waals surface area contributed by atoms with Crippen molar-refractivity contribution in [3.05, 3.63) is 18.5 Å². The maximum Gasteiger partial charge on any atom is 0.0700 e. The summed E-state index contributed by atoms with van der Waals surface area (Å²) in [6, 6.07) is 1.97. The van der Waals surface area contributed by atoms with Crippen molar-refractivity contribution in [2.24, 2.45) is 5.92 Å². The van der Waals surface area contributed by atoms with Gasteiger partial charge in [0.05, 0.1) is 12.1 Å². The van der Waals surface area contributed by atoms with Gasteiger partial charge in [0, 0.05) is 37.9 Å². The van der Waals surface area contributed by atoms with E-state index in [-0.39, 0.29) is 5.60 Å². The van der Waals surface area contributed by atoms with Gasteiger partial charge in [-0.2, -0.15) is 5.10 Å². The molecule has 2 atom stereocenters. The average Bonchev–Trinajstić information content (AvgIpc) is 2.89. The lowest BCUT2D eigenvalue weighted by Crippen LogP contribution is -2.53. The summed E-state index contributed by atoms with van der Waals surface area (Å²) in [4.78, 5) is 2.49. The highest BCUT2D eigenvalue weighted by atomic mass is 16.3. The fourth-order valence-corrected chi connectivity index (χ4v) is 3.52. The third kappa shape index (κ3) is 2.45. The number of hydrogen-bond acceptors (Lipinski definition) is 3. The summed E-state index contributed by atoms with van der Waals surface area (Å²) in [5, 5.41) is 14.9. The lowest BCUT2D eigenvalue weighted by Gasteiger charge is -2.47. The van der Waals surface area contributed by atoms with Crippen molar-refractivity contribution in [2.75, 3.05) is 19.6 Å². The molecule has 0 bridgehead atoms. The normalized spacial score (nSPS) is 33.3. The van der Waals surface area contributed by atoms with Crippen LogP contribution in [0.15, 0.2) is 18.5 Å². The van der Waals surface area contributed by atoms with Gasteiger partial charge in [-0.15, -0.1) is 0 Å². The molecule has 1 aliphatic carbocycles. The molecule has 1 saturated heterocycles. The number of likely N-dealkylation sites (tertiary alicyclic amines) is 1. The van der Waals surface area contributed by atoms with Gasteiger partial charge >= 0.3 is 0 Å². The Morgan fingerprint density at radius 1 is 1.28 bits per heavy atom. The van der Waals surface area contributed by atoms with Crippen LogP contribution in [0.5, 0.6) is 0 Å². The van der Waals surface area contributed by atoms with Gasteiger partial charge in [0.25, 0.3) is 0 Å². The Labute approximate surface area is 109 Å². The van der Waals surface area contributed by atoms with Crippen LogP contribution in [0.2, 0.25) is 0 Å². The molecule has 0 spiro atoms. The Morgan fingerprint density at radius 3 is 3.06 bits per heavy atom. The van der Waals surface area contributed by atoms with E-state index in [0.29, 0.717) is 5.92 Å². The second-order valence-corrected chi connectivity index (χ2v) is 5.87. The van der Waals surface area contributed by atoms with Crippen molar-refractivity contribution in [2.45, 2.75) is 44.2 Å². The van der Waals surface area contributed by atoms with Crippen LogP contribution in [0, 0.1) is 5.92 Å². The summed E-state index contributed by atoms with van der Waals surface area (Å²) >= 11 is 0. The molecule has 2 fully saturated rings. The first-order valence-corrected chi connectivity index (χ1v) is 7.18. The first-order valence-electron chi connectivity index (χ1n) is 7.18. The molecule has 1 N–H and O–H groups in total. The Bertz CT molecular complexity index is 378. The molecule has 2 unspecified atom stereocenters. The standard InChI is InChI=1S/C14H23N3O/c18-14-5-2-1-4-13(14)12-16(9-6-14)10-11-17-8-3-7-15-17/h3,7-8,13,18H,1-2,4-6,9-12H2. The number of aromatic nitrogens is 2. The second kappa shape index (κ2) is 5.02. The van der Waals surface area contributed by atoms with Crippen molar-refractivity contribution in [1.29, 1.82) is 0 Å². The molecular formula is C14H23N3O. The maximum atomic E-state index is 10.6. The van der Waals surface area contributed by atoms with E-state index in [0.717, 1.165) is 39.0 Å². The number of fused-ring (bicyclic) bond motifs is 1. The lowest BCUT2D eigenvalue weighted by atomic mass is 9.71. The molecular weight excluding hydrogens is 226 g/mol. The van der Waals surface area contributed by atoms with Crippen molar-refractivity contribution < 1.29 is 5.11 Å². The number of nitrogens with zero attached hydrogens (tertiary/aromatic N) is 3. The molecule has 1 aromatic rings. The monoisotopic (exact) mass is 249 g/mol. The van der Waals surface area contributed by atoms with Crippen LogP contribution in [0.4, 0.5) is 0 Å². The zero-order valence-corrected chi connectivity index (χ0v) is 11.0. The largest absolute Gasteiger partial charge is 0.390 e. The molecule has 4 heteroatoms. The van der Waals surface area contributed by atoms with Crippen LogP contribution >= 0.6 is 0 Å². The van der Waals surface area contributed by atoms with Gasteiger partial charge in [0.15, 0.2) is 0 Å². The van der Waals surface area contributed by atoms with Crippen LogP contribution in [0.25, 0.3) is 0 Å². The van der Waals surface area contributed by atoms with Gasteiger partial charge in [0.1, 0.15) is 0 Å². The third-order valence-electron chi connectivity index (χ3n) is 4.72. The summed E-state index contributed by atoms with van der Waals surface area (Å²) in [5.74, 6) is 0.498. The van der Waals surface area contributed by atoms with Crippen molar-refractivity contribution >= 4 is 0 Å². The minimum Gasteiger partial charge on any atom is -0.390 e. The zero-order valence-electron chi connectivity index (χ0n) is 11.0. The summed E-state index contributed by atoms with van der Waals surface area (Å²) in [7, 11) is 0. The molecule has 3 rings (SSSR count). The summed E-state index contributed by atoms with van der Waals surface area (Å²) in [6.45, 7) is 4.11.